The van der Waals surface area contributed by atoms with Crippen LogP contribution in [0.25, 0.3) is 33.3 Å². The van der Waals surface area contributed by atoms with Crippen molar-refractivity contribution in [3.05, 3.63) is 88.9 Å². The van der Waals surface area contributed by atoms with Gasteiger partial charge in [0, 0.05) is 21.0 Å². The van der Waals surface area contributed by atoms with Crippen LogP contribution < -0.4 is 0 Å². The molecule has 1 nitrogen and oxygen atoms in total. The van der Waals surface area contributed by atoms with Gasteiger partial charge < -0.3 is 0 Å². The highest BCUT2D eigenvalue weighted by Crippen LogP contribution is 2.33. The lowest BCUT2D eigenvalue weighted by Crippen LogP contribution is -1.90. The molecule has 3 aromatic carbocycles. The summed E-state index contributed by atoms with van der Waals surface area (Å²) in [6.45, 7) is 0. The molecular formula is C21H13Cl2N. The summed E-state index contributed by atoms with van der Waals surface area (Å²) in [5, 5.41) is 2.45. The Morgan fingerprint density at radius 2 is 1.38 bits per heavy atom. The number of hydrogen-bond donors (Lipinski definition) is 0. The first kappa shape index (κ1) is 15.2. The zero-order valence-electron chi connectivity index (χ0n) is 12.7. The van der Waals surface area contributed by atoms with E-state index in [1.807, 2.05) is 60.7 Å². The number of benzene rings is 3. The summed E-state index contributed by atoms with van der Waals surface area (Å²) in [6, 6.07) is 25.9. The van der Waals surface area contributed by atoms with Crippen LogP contribution in [-0.4, -0.2) is 4.98 Å². The topological polar surface area (TPSA) is 12.9 Å². The van der Waals surface area contributed by atoms with Crippen LogP contribution in [0.5, 0.6) is 0 Å². The third-order valence-electron chi connectivity index (χ3n) is 3.98. The Bertz CT molecular complexity index is 1030. The first-order valence-corrected chi connectivity index (χ1v) is 8.38. The van der Waals surface area contributed by atoms with Crippen molar-refractivity contribution in [3.8, 4) is 22.4 Å². The van der Waals surface area contributed by atoms with Crippen molar-refractivity contribution >= 4 is 34.1 Å². The fourth-order valence-electron chi connectivity index (χ4n) is 2.85. The maximum absolute atomic E-state index is 6.21. The van der Waals surface area contributed by atoms with E-state index in [4.69, 9.17) is 28.2 Å². The van der Waals surface area contributed by atoms with E-state index >= 15 is 0 Å². The molecule has 0 unspecified atom stereocenters. The molecule has 116 valence electrons. The second-order valence-corrected chi connectivity index (χ2v) is 6.47. The molecule has 0 aliphatic heterocycles. The Kier molecular flexibility index (Phi) is 3.97. The van der Waals surface area contributed by atoms with Gasteiger partial charge in [0.1, 0.15) is 0 Å². The van der Waals surface area contributed by atoms with E-state index in [9.17, 15) is 0 Å². The first-order chi connectivity index (χ1) is 11.7. The van der Waals surface area contributed by atoms with E-state index < -0.39 is 0 Å². The van der Waals surface area contributed by atoms with Gasteiger partial charge in [-0.15, -0.1) is 0 Å². The van der Waals surface area contributed by atoms with E-state index in [1.54, 1.807) is 0 Å². The minimum Gasteiger partial charge on any atom is -0.248 e. The molecule has 0 spiro atoms. The molecule has 1 heterocycles. The molecule has 4 aromatic rings. The highest BCUT2D eigenvalue weighted by molar-refractivity contribution is 6.31. The molecule has 0 saturated heterocycles. The van der Waals surface area contributed by atoms with Crippen molar-refractivity contribution in [1.82, 2.24) is 4.98 Å². The van der Waals surface area contributed by atoms with E-state index in [1.165, 1.54) is 0 Å². The Morgan fingerprint density at radius 1 is 0.625 bits per heavy atom. The Labute approximate surface area is 150 Å². The number of nitrogens with zero attached hydrogens (tertiary/aromatic N) is 1. The second kappa shape index (κ2) is 6.27. The summed E-state index contributed by atoms with van der Waals surface area (Å²) in [5.74, 6) is 0. The van der Waals surface area contributed by atoms with Crippen LogP contribution in [0.4, 0.5) is 0 Å². The summed E-state index contributed by atoms with van der Waals surface area (Å²) in [4.78, 5) is 4.80. The quantitative estimate of drug-likeness (QED) is 0.384. The monoisotopic (exact) mass is 349 g/mol. The van der Waals surface area contributed by atoms with Gasteiger partial charge in [-0.3, -0.25) is 0 Å². The molecule has 0 aliphatic rings. The second-order valence-electron chi connectivity index (χ2n) is 5.59. The molecular weight excluding hydrogens is 337 g/mol. The van der Waals surface area contributed by atoms with E-state index in [-0.39, 0.29) is 0 Å². The fraction of sp³-hybridized carbons (Fsp3) is 0. The van der Waals surface area contributed by atoms with Crippen molar-refractivity contribution in [3.63, 3.8) is 0 Å². The predicted octanol–water partition coefficient (Wildman–Crippen LogP) is 6.88. The number of pyridine rings is 1. The Morgan fingerprint density at radius 3 is 2.17 bits per heavy atom. The van der Waals surface area contributed by atoms with Crippen LogP contribution in [0.1, 0.15) is 0 Å². The standard InChI is InChI=1S/C21H13Cl2N/c22-16-8-4-7-15(11-16)21-13-18(14-5-2-1-3-6-14)19-12-17(23)9-10-20(19)24-21/h1-13H. The zero-order chi connectivity index (χ0) is 16.5. The van der Waals surface area contributed by atoms with Gasteiger partial charge in [-0.2, -0.15) is 0 Å². The maximum atomic E-state index is 6.21. The minimum atomic E-state index is 0.701. The first-order valence-electron chi connectivity index (χ1n) is 7.62. The maximum Gasteiger partial charge on any atom is 0.0716 e. The van der Waals surface area contributed by atoms with Crippen molar-refractivity contribution in [2.75, 3.05) is 0 Å². The van der Waals surface area contributed by atoms with Crippen LogP contribution in [0, 0.1) is 0 Å². The van der Waals surface area contributed by atoms with Crippen molar-refractivity contribution < 1.29 is 0 Å². The van der Waals surface area contributed by atoms with Gasteiger partial charge in [-0.1, -0.05) is 65.7 Å². The molecule has 0 aliphatic carbocycles. The molecule has 24 heavy (non-hydrogen) atoms. The Balaban J connectivity index is 2.03. The number of fused-ring (bicyclic) bond motifs is 1. The molecule has 0 saturated carbocycles. The van der Waals surface area contributed by atoms with Crippen LogP contribution in [0.2, 0.25) is 10.0 Å². The molecule has 0 N–H and O–H groups in total. The predicted molar refractivity (Wildman–Crippen MR) is 103 cm³/mol. The van der Waals surface area contributed by atoms with Gasteiger partial charge in [0.2, 0.25) is 0 Å². The normalized spacial score (nSPS) is 10.9. The van der Waals surface area contributed by atoms with Crippen LogP contribution in [0.15, 0.2) is 78.9 Å². The van der Waals surface area contributed by atoms with Gasteiger partial charge in [0.25, 0.3) is 0 Å². The average Bonchev–Trinajstić information content (AvgIpc) is 2.61. The third-order valence-corrected chi connectivity index (χ3v) is 4.45. The SMILES string of the molecule is Clc1cccc(-c2cc(-c3ccccc3)c3cc(Cl)ccc3n2)c1. The molecule has 0 bridgehead atoms. The van der Waals surface area contributed by atoms with Crippen LogP contribution >= 0.6 is 23.2 Å². The number of hydrogen-bond acceptors (Lipinski definition) is 1. The van der Waals surface area contributed by atoms with Gasteiger partial charge in [-0.25, -0.2) is 4.98 Å². The summed E-state index contributed by atoms with van der Waals surface area (Å²) < 4.78 is 0. The summed E-state index contributed by atoms with van der Waals surface area (Å²) in [5.41, 5.74) is 5.05. The molecule has 0 fully saturated rings. The largest absolute Gasteiger partial charge is 0.248 e. The third kappa shape index (κ3) is 2.89. The van der Waals surface area contributed by atoms with Crippen molar-refractivity contribution in [2.24, 2.45) is 0 Å². The number of rotatable bonds is 2. The van der Waals surface area contributed by atoms with Crippen LogP contribution in [0.3, 0.4) is 0 Å². The van der Waals surface area contributed by atoms with Gasteiger partial charge in [0.05, 0.1) is 11.2 Å². The number of aromatic nitrogens is 1. The molecule has 1 aromatic heterocycles. The van der Waals surface area contributed by atoms with Gasteiger partial charge in [0.15, 0.2) is 0 Å². The smallest absolute Gasteiger partial charge is 0.0716 e. The summed E-state index contributed by atoms with van der Waals surface area (Å²) in [7, 11) is 0. The minimum absolute atomic E-state index is 0.701. The molecule has 4 rings (SSSR count). The summed E-state index contributed by atoms with van der Waals surface area (Å²) in [6.07, 6.45) is 0. The van der Waals surface area contributed by atoms with E-state index in [2.05, 4.69) is 18.2 Å². The average molecular weight is 350 g/mol. The zero-order valence-corrected chi connectivity index (χ0v) is 14.2. The van der Waals surface area contributed by atoms with E-state index in [0.717, 1.165) is 33.3 Å². The number of halogens is 2. The molecule has 0 amide bonds. The molecule has 0 atom stereocenters. The van der Waals surface area contributed by atoms with Crippen molar-refractivity contribution in [2.45, 2.75) is 0 Å². The van der Waals surface area contributed by atoms with Crippen molar-refractivity contribution in [1.29, 1.82) is 0 Å². The van der Waals surface area contributed by atoms with Gasteiger partial charge in [-0.05, 0) is 47.5 Å². The van der Waals surface area contributed by atoms with E-state index in [0.29, 0.717) is 10.0 Å². The lowest BCUT2D eigenvalue weighted by molar-refractivity contribution is 1.40. The fourth-order valence-corrected chi connectivity index (χ4v) is 3.21. The highest BCUT2D eigenvalue weighted by Gasteiger charge is 2.10. The summed E-state index contributed by atoms with van der Waals surface area (Å²) >= 11 is 12.4. The molecule has 3 heteroatoms. The Hall–Kier alpha value is -2.35. The lowest BCUT2D eigenvalue weighted by atomic mass is 9.98. The van der Waals surface area contributed by atoms with Crippen LogP contribution in [-0.2, 0) is 0 Å². The lowest BCUT2D eigenvalue weighted by Gasteiger charge is -2.11. The molecule has 0 radical (unpaired) electrons. The highest BCUT2D eigenvalue weighted by atomic mass is 35.5. The van der Waals surface area contributed by atoms with Gasteiger partial charge >= 0.3 is 0 Å².